The molecule has 0 aromatic heterocycles. The molecule has 0 aliphatic rings. The van der Waals surface area contributed by atoms with E-state index >= 15 is 0 Å². The molecule has 1 aromatic rings. The maximum atomic E-state index is 11.4. The largest absolute Gasteiger partial charge is 0.509 e. The minimum Gasteiger partial charge on any atom is -0.478 e. The summed E-state index contributed by atoms with van der Waals surface area (Å²) < 4.78 is 7.32. The molecule has 0 aliphatic carbocycles. The molecule has 1 aromatic carbocycles. The Morgan fingerprint density at radius 1 is 1.30 bits per heavy atom. The van der Waals surface area contributed by atoms with Crippen LogP contribution in [0.15, 0.2) is 29.3 Å². The van der Waals surface area contributed by atoms with Gasteiger partial charge in [0.2, 0.25) is 16.0 Å². The zero-order valence-corrected chi connectivity index (χ0v) is 13.6. The van der Waals surface area contributed by atoms with Gasteiger partial charge in [0.15, 0.2) is 0 Å². The normalized spacial score (nSPS) is 12.0. The van der Waals surface area contributed by atoms with Gasteiger partial charge in [-0.15, -0.1) is 0 Å². The Labute approximate surface area is 145 Å². The topological polar surface area (TPSA) is 102 Å². The SMILES string of the molecule is O=C=Nc1ccccc1CC(OC(=O)OCC(Cl)(Cl)Cl)C(=O)O. The lowest BCUT2D eigenvalue weighted by Gasteiger charge is -2.16. The van der Waals surface area contributed by atoms with Crippen LogP contribution >= 0.6 is 34.8 Å². The van der Waals surface area contributed by atoms with Gasteiger partial charge >= 0.3 is 12.1 Å². The van der Waals surface area contributed by atoms with E-state index in [2.05, 4.69) is 14.5 Å². The number of ether oxygens (including phenoxy) is 2. The van der Waals surface area contributed by atoms with Crippen molar-refractivity contribution in [2.24, 2.45) is 4.99 Å². The molecule has 0 radical (unpaired) electrons. The molecule has 10 heteroatoms. The molecule has 0 bridgehead atoms. The number of isocyanates is 1. The highest BCUT2D eigenvalue weighted by molar-refractivity contribution is 6.67. The molecule has 0 fully saturated rings. The average molecular weight is 383 g/mol. The number of halogens is 3. The molecule has 0 spiro atoms. The highest BCUT2D eigenvalue weighted by Crippen LogP contribution is 2.26. The van der Waals surface area contributed by atoms with Crippen LogP contribution in [0, 0.1) is 0 Å². The van der Waals surface area contributed by atoms with Crippen LogP contribution in [0.1, 0.15) is 5.56 Å². The van der Waals surface area contributed by atoms with E-state index in [1.807, 2.05) is 0 Å². The van der Waals surface area contributed by atoms with Gasteiger partial charge in [0.05, 0.1) is 5.69 Å². The Morgan fingerprint density at radius 3 is 2.52 bits per heavy atom. The van der Waals surface area contributed by atoms with E-state index in [0.717, 1.165) is 0 Å². The Balaban J connectivity index is 2.79. The van der Waals surface area contributed by atoms with Crippen LogP contribution in [0.2, 0.25) is 0 Å². The summed E-state index contributed by atoms with van der Waals surface area (Å²) in [7, 11) is 0. The van der Waals surface area contributed by atoms with Gasteiger partial charge in [0.25, 0.3) is 0 Å². The van der Waals surface area contributed by atoms with Crippen LogP contribution in [-0.2, 0) is 25.5 Å². The number of aliphatic imine (C=N–C) groups is 1. The lowest BCUT2D eigenvalue weighted by atomic mass is 10.1. The highest BCUT2D eigenvalue weighted by Gasteiger charge is 2.27. The molecule has 0 saturated heterocycles. The standard InChI is InChI=1S/C13H10Cl3NO6/c14-13(15,16)6-22-12(21)23-10(11(19)20)5-8-3-1-2-4-9(8)17-7-18/h1-4,10H,5-6H2,(H,19,20). The first-order valence-corrected chi connectivity index (χ1v) is 7.15. The molecule has 0 heterocycles. The van der Waals surface area contributed by atoms with E-state index in [1.54, 1.807) is 12.1 Å². The van der Waals surface area contributed by atoms with Gasteiger partial charge in [-0.2, -0.15) is 4.99 Å². The van der Waals surface area contributed by atoms with E-state index in [-0.39, 0.29) is 12.1 Å². The first-order valence-electron chi connectivity index (χ1n) is 6.01. The number of aliphatic carboxylic acids is 1. The van der Waals surface area contributed by atoms with Crippen molar-refractivity contribution in [3.63, 3.8) is 0 Å². The Hall–Kier alpha value is -1.79. The Morgan fingerprint density at radius 2 is 1.96 bits per heavy atom. The van der Waals surface area contributed by atoms with Gasteiger partial charge < -0.3 is 14.6 Å². The Bertz CT molecular complexity index is 624. The maximum Gasteiger partial charge on any atom is 0.509 e. The summed E-state index contributed by atoms with van der Waals surface area (Å²) in [6.07, 6.45) is -1.75. The fourth-order valence-electron chi connectivity index (χ4n) is 1.51. The second-order valence-corrected chi connectivity index (χ2v) is 6.65. The van der Waals surface area contributed by atoms with Gasteiger partial charge in [0.1, 0.15) is 6.61 Å². The summed E-state index contributed by atoms with van der Waals surface area (Å²) in [6, 6.07) is 6.23. The van der Waals surface area contributed by atoms with Gasteiger partial charge in [-0.3, -0.25) is 0 Å². The van der Waals surface area contributed by atoms with Crippen LogP contribution in [0.4, 0.5) is 10.5 Å². The van der Waals surface area contributed by atoms with Gasteiger partial charge in [-0.1, -0.05) is 53.0 Å². The Kier molecular flexibility index (Phi) is 7.32. The minimum atomic E-state index is -1.84. The second kappa shape index (κ2) is 8.74. The van der Waals surface area contributed by atoms with Crippen molar-refractivity contribution in [3.8, 4) is 0 Å². The van der Waals surface area contributed by atoms with Crippen LogP contribution in [0.5, 0.6) is 0 Å². The number of carbonyl (C=O) groups excluding carboxylic acids is 2. The molecule has 7 nitrogen and oxygen atoms in total. The van der Waals surface area contributed by atoms with Crippen LogP contribution < -0.4 is 0 Å². The van der Waals surface area contributed by atoms with E-state index in [4.69, 9.17) is 39.9 Å². The molecular formula is C13H10Cl3NO6. The van der Waals surface area contributed by atoms with Gasteiger partial charge in [-0.05, 0) is 11.6 Å². The minimum absolute atomic E-state index is 0.215. The molecule has 1 unspecified atom stereocenters. The molecule has 23 heavy (non-hydrogen) atoms. The molecule has 0 saturated carbocycles. The van der Waals surface area contributed by atoms with Crippen molar-refractivity contribution < 1.29 is 29.0 Å². The van der Waals surface area contributed by atoms with Crippen molar-refractivity contribution in [1.29, 1.82) is 0 Å². The number of carboxylic acids is 1. The summed E-state index contributed by atoms with van der Waals surface area (Å²) in [4.78, 5) is 36.4. The van der Waals surface area contributed by atoms with Gasteiger partial charge in [-0.25, -0.2) is 14.4 Å². The summed E-state index contributed by atoms with van der Waals surface area (Å²) in [5.74, 6) is -1.42. The highest BCUT2D eigenvalue weighted by atomic mass is 35.6. The number of benzene rings is 1. The van der Waals surface area contributed by atoms with Crippen LogP contribution in [-0.4, -0.2) is 39.8 Å². The monoisotopic (exact) mass is 381 g/mol. The quantitative estimate of drug-likeness (QED) is 0.351. The fourth-order valence-corrected chi connectivity index (χ4v) is 1.68. The number of hydrogen-bond acceptors (Lipinski definition) is 6. The lowest BCUT2D eigenvalue weighted by Crippen LogP contribution is -2.30. The number of nitrogens with zero attached hydrogens (tertiary/aromatic N) is 1. The number of hydrogen-bond donors (Lipinski definition) is 1. The predicted octanol–water partition coefficient (Wildman–Crippen LogP) is 3.17. The van der Waals surface area contributed by atoms with Crippen molar-refractivity contribution >= 4 is 58.7 Å². The molecule has 1 rings (SSSR count). The summed E-state index contributed by atoms with van der Waals surface area (Å²) in [5.41, 5.74) is 0.587. The third kappa shape index (κ3) is 7.34. The van der Waals surface area contributed by atoms with Crippen LogP contribution in [0.25, 0.3) is 0 Å². The molecule has 0 amide bonds. The molecule has 1 N–H and O–H groups in total. The first-order chi connectivity index (χ1) is 10.7. The van der Waals surface area contributed by atoms with E-state index in [1.165, 1.54) is 18.2 Å². The third-order valence-electron chi connectivity index (χ3n) is 2.43. The molecular weight excluding hydrogens is 373 g/mol. The summed E-state index contributed by atoms with van der Waals surface area (Å²) in [6.45, 7) is -0.602. The number of carbonyl (C=O) groups is 2. The molecule has 0 aliphatic heterocycles. The summed E-state index contributed by atoms with van der Waals surface area (Å²) in [5, 5.41) is 9.11. The fraction of sp³-hybridized carbons (Fsp3) is 0.308. The number of carboxylic acid groups (broad SMARTS) is 1. The zero-order chi connectivity index (χ0) is 17.5. The smallest absolute Gasteiger partial charge is 0.478 e. The number of para-hydroxylation sites is 1. The van der Waals surface area contributed by atoms with Crippen molar-refractivity contribution in [2.45, 2.75) is 16.3 Å². The van der Waals surface area contributed by atoms with Crippen molar-refractivity contribution in [3.05, 3.63) is 29.8 Å². The van der Waals surface area contributed by atoms with Crippen LogP contribution in [0.3, 0.4) is 0 Å². The molecule has 124 valence electrons. The van der Waals surface area contributed by atoms with E-state index in [0.29, 0.717) is 5.56 Å². The van der Waals surface area contributed by atoms with Gasteiger partial charge in [0, 0.05) is 6.42 Å². The van der Waals surface area contributed by atoms with E-state index < -0.39 is 28.6 Å². The number of alkyl halides is 3. The molecule has 1 atom stereocenters. The first kappa shape index (κ1) is 19.3. The predicted molar refractivity (Wildman–Crippen MR) is 82.1 cm³/mol. The maximum absolute atomic E-state index is 11.4. The second-order valence-electron chi connectivity index (χ2n) is 4.13. The number of rotatable bonds is 6. The zero-order valence-electron chi connectivity index (χ0n) is 11.4. The third-order valence-corrected chi connectivity index (χ3v) is 2.76. The lowest BCUT2D eigenvalue weighted by molar-refractivity contribution is -0.148. The average Bonchev–Trinajstić information content (AvgIpc) is 2.46. The van der Waals surface area contributed by atoms with E-state index in [9.17, 15) is 14.4 Å². The van der Waals surface area contributed by atoms with Crippen molar-refractivity contribution in [2.75, 3.05) is 6.61 Å². The summed E-state index contributed by atoms with van der Waals surface area (Å²) >= 11 is 16.2. The van der Waals surface area contributed by atoms with Crippen molar-refractivity contribution in [1.82, 2.24) is 0 Å².